The molecule has 0 saturated carbocycles. The number of nitrogens with zero attached hydrogens (tertiary/aromatic N) is 1. The molecule has 0 amide bonds. The van der Waals surface area contributed by atoms with Gasteiger partial charge in [-0.15, -0.1) is 0 Å². The van der Waals surface area contributed by atoms with E-state index in [2.05, 4.69) is 27.3 Å². The normalized spacial score (nSPS) is 9.08. The van der Waals surface area contributed by atoms with Gasteiger partial charge in [-0.05, 0) is 25.1 Å². The summed E-state index contributed by atoms with van der Waals surface area (Å²) in [6.45, 7) is 2.88. The maximum Gasteiger partial charge on any atom is 0.0992 e. The molecule has 0 heterocycles. The minimum absolute atomic E-state index is 0.667. The molecule has 0 aliphatic heterocycles. The van der Waals surface area contributed by atoms with Crippen LogP contribution in [0.5, 0.6) is 0 Å². The molecule has 62 valence electrons. The average molecular weight is 225 g/mol. The standard InChI is InChI=1S/C9H9BrN2/c1-2-12-9-4-7(6-11)3-8(10)5-9/h3-5,12H,2H2,1H3. The highest BCUT2D eigenvalue weighted by Crippen LogP contribution is 2.18. The van der Waals surface area contributed by atoms with Crippen LogP contribution in [0.1, 0.15) is 12.5 Å². The Kier molecular flexibility index (Phi) is 3.12. The predicted molar refractivity (Wildman–Crippen MR) is 53.0 cm³/mol. The fourth-order valence-electron chi connectivity index (χ4n) is 0.960. The zero-order chi connectivity index (χ0) is 8.97. The van der Waals surface area contributed by atoms with E-state index < -0.39 is 0 Å². The molecule has 12 heavy (non-hydrogen) atoms. The average Bonchev–Trinajstić information content (AvgIpc) is 2.04. The van der Waals surface area contributed by atoms with Crippen LogP contribution in [-0.4, -0.2) is 6.54 Å². The molecule has 1 rings (SSSR count). The lowest BCUT2D eigenvalue weighted by Gasteiger charge is -2.03. The monoisotopic (exact) mass is 224 g/mol. The number of hydrogen-bond donors (Lipinski definition) is 1. The van der Waals surface area contributed by atoms with Crippen molar-refractivity contribution in [3.63, 3.8) is 0 Å². The lowest BCUT2D eigenvalue weighted by molar-refractivity contribution is 1.21. The lowest BCUT2D eigenvalue weighted by Crippen LogP contribution is -1.96. The summed E-state index contributed by atoms with van der Waals surface area (Å²) in [4.78, 5) is 0. The summed E-state index contributed by atoms with van der Waals surface area (Å²) >= 11 is 3.33. The molecule has 0 aliphatic carbocycles. The molecule has 1 N–H and O–H groups in total. The Morgan fingerprint density at radius 1 is 1.50 bits per heavy atom. The highest BCUT2D eigenvalue weighted by Gasteiger charge is 1.96. The fourth-order valence-corrected chi connectivity index (χ4v) is 1.45. The van der Waals surface area contributed by atoms with Crippen molar-refractivity contribution in [1.29, 1.82) is 5.26 Å². The summed E-state index contributed by atoms with van der Waals surface area (Å²) in [6, 6.07) is 7.67. The van der Waals surface area contributed by atoms with Crippen LogP contribution in [0.4, 0.5) is 5.69 Å². The van der Waals surface area contributed by atoms with E-state index >= 15 is 0 Å². The first-order chi connectivity index (χ1) is 5.76. The van der Waals surface area contributed by atoms with Crippen LogP contribution in [0, 0.1) is 11.3 Å². The molecule has 1 aromatic carbocycles. The van der Waals surface area contributed by atoms with Gasteiger partial charge in [-0.1, -0.05) is 15.9 Å². The van der Waals surface area contributed by atoms with Crippen LogP contribution in [0.15, 0.2) is 22.7 Å². The second-order valence-electron chi connectivity index (χ2n) is 2.37. The lowest BCUT2D eigenvalue weighted by atomic mass is 10.2. The number of hydrogen-bond acceptors (Lipinski definition) is 2. The third-order valence-corrected chi connectivity index (χ3v) is 1.87. The van der Waals surface area contributed by atoms with Gasteiger partial charge in [-0.2, -0.15) is 5.26 Å². The molecule has 0 atom stereocenters. The van der Waals surface area contributed by atoms with Gasteiger partial charge >= 0.3 is 0 Å². The first-order valence-corrected chi connectivity index (χ1v) is 4.50. The van der Waals surface area contributed by atoms with E-state index in [0.717, 1.165) is 16.7 Å². The zero-order valence-corrected chi connectivity index (χ0v) is 8.35. The molecule has 0 spiro atoms. The molecule has 0 radical (unpaired) electrons. The highest BCUT2D eigenvalue weighted by atomic mass is 79.9. The molecule has 0 saturated heterocycles. The Labute approximate surface area is 80.3 Å². The van der Waals surface area contributed by atoms with Crippen LogP contribution in [-0.2, 0) is 0 Å². The van der Waals surface area contributed by atoms with Crippen molar-refractivity contribution >= 4 is 21.6 Å². The van der Waals surface area contributed by atoms with Gasteiger partial charge in [0.1, 0.15) is 0 Å². The summed E-state index contributed by atoms with van der Waals surface area (Å²) in [5, 5.41) is 11.8. The Morgan fingerprint density at radius 2 is 2.25 bits per heavy atom. The smallest absolute Gasteiger partial charge is 0.0992 e. The number of anilines is 1. The van der Waals surface area contributed by atoms with Gasteiger partial charge in [-0.3, -0.25) is 0 Å². The number of nitriles is 1. The van der Waals surface area contributed by atoms with E-state index in [4.69, 9.17) is 5.26 Å². The van der Waals surface area contributed by atoms with Crippen LogP contribution in [0.2, 0.25) is 0 Å². The van der Waals surface area contributed by atoms with Gasteiger partial charge in [0, 0.05) is 16.7 Å². The molecule has 1 aromatic rings. The van der Waals surface area contributed by atoms with Crippen molar-refractivity contribution in [1.82, 2.24) is 0 Å². The molecule has 3 heteroatoms. The van der Waals surface area contributed by atoms with Crippen molar-refractivity contribution in [3.05, 3.63) is 28.2 Å². The van der Waals surface area contributed by atoms with Crippen molar-refractivity contribution in [2.45, 2.75) is 6.92 Å². The van der Waals surface area contributed by atoms with Crippen LogP contribution in [0.3, 0.4) is 0 Å². The fraction of sp³-hybridized carbons (Fsp3) is 0.222. The van der Waals surface area contributed by atoms with Crippen molar-refractivity contribution in [2.24, 2.45) is 0 Å². The van der Waals surface area contributed by atoms with Gasteiger partial charge in [0.15, 0.2) is 0 Å². The van der Waals surface area contributed by atoms with Crippen LogP contribution in [0.25, 0.3) is 0 Å². The number of rotatable bonds is 2. The summed E-state index contributed by atoms with van der Waals surface area (Å²) in [5.74, 6) is 0. The van der Waals surface area contributed by atoms with E-state index in [1.807, 2.05) is 19.1 Å². The summed E-state index contributed by atoms with van der Waals surface area (Å²) < 4.78 is 0.928. The van der Waals surface area contributed by atoms with Gasteiger partial charge < -0.3 is 5.32 Å². The van der Waals surface area contributed by atoms with E-state index in [-0.39, 0.29) is 0 Å². The minimum Gasteiger partial charge on any atom is -0.385 e. The van der Waals surface area contributed by atoms with E-state index in [1.165, 1.54) is 0 Å². The van der Waals surface area contributed by atoms with Crippen molar-refractivity contribution < 1.29 is 0 Å². The first kappa shape index (κ1) is 9.08. The zero-order valence-electron chi connectivity index (χ0n) is 6.76. The maximum absolute atomic E-state index is 8.66. The molecule has 0 aromatic heterocycles. The Balaban J connectivity index is 3.00. The highest BCUT2D eigenvalue weighted by molar-refractivity contribution is 9.10. The summed E-state index contributed by atoms with van der Waals surface area (Å²) in [5.41, 5.74) is 1.64. The van der Waals surface area contributed by atoms with E-state index in [1.54, 1.807) is 6.07 Å². The third kappa shape index (κ3) is 2.24. The van der Waals surface area contributed by atoms with Gasteiger partial charge in [0.25, 0.3) is 0 Å². The molecule has 0 bridgehead atoms. The van der Waals surface area contributed by atoms with Crippen molar-refractivity contribution in [2.75, 3.05) is 11.9 Å². The van der Waals surface area contributed by atoms with E-state index in [0.29, 0.717) is 5.56 Å². The SMILES string of the molecule is CCNc1cc(Br)cc(C#N)c1. The molecule has 2 nitrogen and oxygen atoms in total. The number of nitrogens with one attached hydrogen (secondary N) is 1. The van der Waals surface area contributed by atoms with Crippen molar-refractivity contribution in [3.8, 4) is 6.07 Å². The Morgan fingerprint density at radius 3 is 2.83 bits per heavy atom. The molecule has 0 unspecified atom stereocenters. The minimum atomic E-state index is 0.667. The summed E-state index contributed by atoms with van der Waals surface area (Å²) in [6.07, 6.45) is 0. The topological polar surface area (TPSA) is 35.8 Å². The maximum atomic E-state index is 8.66. The molecular formula is C9H9BrN2. The molecular weight excluding hydrogens is 216 g/mol. The van der Waals surface area contributed by atoms with E-state index in [9.17, 15) is 0 Å². The van der Waals surface area contributed by atoms with Gasteiger partial charge in [-0.25, -0.2) is 0 Å². The molecule has 0 fully saturated rings. The Bertz CT molecular complexity index is 315. The third-order valence-electron chi connectivity index (χ3n) is 1.41. The quantitative estimate of drug-likeness (QED) is 0.839. The van der Waals surface area contributed by atoms with Crippen LogP contribution < -0.4 is 5.32 Å². The first-order valence-electron chi connectivity index (χ1n) is 3.71. The largest absolute Gasteiger partial charge is 0.385 e. The van der Waals surface area contributed by atoms with Gasteiger partial charge in [0.05, 0.1) is 11.6 Å². The Hall–Kier alpha value is -1.01. The van der Waals surface area contributed by atoms with Gasteiger partial charge in [0.2, 0.25) is 0 Å². The second kappa shape index (κ2) is 4.13. The molecule has 0 aliphatic rings. The summed E-state index contributed by atoms with van der Waals surface area (Å²) in [7, 11) is 0. The number of benzene rings is 1. The predicted octanol–water partition coefficient (Wildman–Crippen LogP) is 2.75. The second-order valence-corrected chi connectivity index (χ2v) is 3.29. The number of halogens is 1. The van der Waals surface area contributed by atoms with Crippen LogP contribution >= 0.6 is 15.9 Å².